The predicted octanol–water partition coefficient (Wildman–Crippen LogP) is 4.13. The third-order valence-electron chi connectivity index (χ3n) is 2.87. The zero-order valence-electron chi connectivity index (χ0n) is 9.51. The molecule has 79 valence electrons. The summed E-state index contributed by atoms with van der Waals surface area (Å²) in [7, 11) is 0. The maximum Gasteiger partial charge on any atom is 0 e. The molecule has 3 rings (SSSR count). The van der Waals surface area contributed by atoms with Crippen LogP contribution in [-0.4, -0.2) is 17.4 Å². The van der Waals surface area contributed by atoms with Crippen molar-refractivity contribution in [3.8, 4) is 11.1 Å². The maximum atomic E-state index is 2.18. The molecule has 0 aliphatic heterocycles. The molecule has 3 radical (unpaired) electrons. The number of rotatable bonds is 1. The number of hydrogen-bond acceptors (Lipinski definition) is 0. The first-order valence-corrected chi connectivity index (χ1v) is 5.48. The van der Waals surface area contributed by atoms with Gasteiger partial charge in [0.1, 0.15) is 0 Å². The Bertz CT molecular complexity index is 609. The van der Waals surface area contributed by atoms with Gasteiger partial charge in [0.25, 0.3) is 0 Å². The van der Waals surface area contributed by atoms with E-state index >= 15 is 0 Å². The van der Waals surface area contributed by atoms with Crippen LogP contribution in [0.4, 0.5) is 0 Å². The van der Waals surface area contributed by atoms with E-state index in [-0.39, 0.29) is 17.4 Å². The molecule has 0 aliphatic rings. The molecule has 0 bridgehead atoms. The summed E-state index contributed by atoms with van der Waals surface area (Å²) in [6, 6.07) is 25.5. The van der Waals surface area contributed by atoms with Gasteiger partial charge in [-0.05, 0) is 21.9 Å². The van der Waals surface area contributed by atoms with Gasteiger partial charge in [0.2, 0.25) is 0 Å². The summed E-state index contributed by atoms with van der Waals surface area (Å²) in [5.41, 5.74) is 2.58. The average Bonchev–Trinajstić information content (AvgIpc) is 2.39. The monoisotopic (exact) mass is 231 g/mol. The van der Waals surface area contributed by atoms with Gasteiger partial charge in [-0.2, -0.15) is 0 Å². The molecule has 0 heterocycles. The van der Waals surface area contributed by atoms with Crippen LogP contribution in [0.5, 0.6) is 0 Å². The second kappa shape index (κ2) is 5.19. The van der Waals surface area contributed by atoms with Gasteiger partial charge in [0, 0.05) is 17.4 Å². The molecule has 0 nitrogen and oxygen atoms in total. The Balaban J connectivity index is 0.00000108. The van der Waals surface area contributed by atoms with Crippen LogP contribution in [0.2, 0.25) is 0 Å². The Hall–Kier alpha value is -1.55. The van der Waals surface area contributed by atoms with Crippen molar-refractivity contribution in [2.24, 2.45) is 0 Å². The van der Waals surface area contributed by atoms with E-state index in [2.05, 4.69) is 72.8 Å². The Kier molecular flexibility index (Phi) is 3.64. The highest BCUT2D eigenvalue weighted by Gasteiger charge is 2.01. The van der Waals surface area contributed by atoms with Gasteiger partial charge in [-0.3, -0.25) is 0 Å². The molecular weight excluding hydrogens is 219 g/mol. The number of fused-ring (bicyclic) bond motifs is 1. The van der Waals surface area contributed by atoms with Crippen LogP contribution in [0.25, 0.3) is 21.9 Å². The van der Waals surface area contributed by atoms with Crippen molar-refractivity contribution in [2.75, 3.05) is 0 Å². The first kappa shape index (κ1) is 11.9. The van der Waals surface area contributed by atoms with Crippen LogP contribution in [0.3, 0.4) is 0 Å². The van der Waals surface area contributed by atoms with Crippen molar-refractivity contribution in [3.05, 3.63) is 72.8 Å². The van der Waals surface area contributed by atoms with Crippen molar-refractivity contribution in [3.63, 3.8) is 0 Å². The molecule has 0 fully saturated rings. The van der Waals surface area contributed by atoms with Crippen molar-refractivity contribution in [1.82, 2.24) is 0 Å². The SMILES string of the molecule is [Al].c1ccc(-c2cccc3ccccc23)cc1. The summed E-state index contributed by atoms with van der Waals surface area (Å²) >= 11 is 0. The molecule has 0 unspecified atom stereocenters. The van der Waals surface area contributed by atoms with E-state index in [1.54, 1.807) is 0 Å². The highest BCUT2D eigenvalue weighted by atomic mass is 27.0. The van der Waals surface area contributed by atoms with Crippen molar-refractivity contribution >= 4 is 28.1 Å². The normalized spacial score (nSPS) is 9.88. The van der Waals surface area contributed by atoms with Gasteiger partial charge in [-0.25, -0.2) is 0 Å². The minimum atomic E-state index is 0. The lowest BCUT2D eigenvalue weighted by atomic mass is 9.98. The van der Waals surface area contributed by atoms with Crippen LogP contribution in [0, 0.1) is 0 Å². The molecule has 1 heteroatoms. The van der Waals surface area contributed by atoms with E-state index in [0.29, 0.717) is 0 Å². The lowest BCUT2D eigenvalue weighted by molar-refractivity contribution is 1.65. The highest BCUT2D eigenvalue weighted by Crippen LogP contribution is 2.27. The fraction of sp³-hybridized carbons (Fsp3) is 0. The molecule has 0 amide bonds. The van der Waals surface area contributed by atoms with Crippen LogP contribution in [-0.2, 0) is 0 Å². The minimum absolute atomic E-state index is 0. The van der Waals surface area contributed by atoms with Crippen molar-refractivity contribution in [1.29, 1.82) is 0 Å². The topological polar surface area (TPSA) is 0 Å². The van der Waals surface area contributed by atoms with E-state index in [0.717, 1.165) is 0 Å². The fourth-order valence-electron chi connectivity index (χ4n) is 2.09. The van der Waals surface area contributed by atoms with Crippen LogP contribution < -0.4 is 0 Å². The summed E-state index contributed by atoms with van der Waals surface area (Å²) in [6.45, 7) is 0. The average molecular weight is 231 g/mol. The van der Waals surface area contributed by atoms with Gasteiger partial charge < -0.3 is 0 Å². The molecule has 0 atom stereocenters. The van der Waals surface area contributed by atoms with Crippen molar-refractivity contribution < 1.29 is 0 Å². The Morgan fingerprint density at radius 3 is 2.00 bits per heavy atom. The standard InChI is InChI=1S/C16H12.Al/c1-2-7-13(8-3-1)16-12-6-10-14-9-4-5-11-15(14)16;/h1-12H;. The summed E-state index contributed by atoms with van der Waals surface area (Å²) in [6.07, 6.45) is 0. The summed E-state index contributed by atoms with van der Waals surface area (Å²) in [5, 5.41) is 2.61. The molecule has 0 aliphatic carbocycles. The predicted molar refractivity (Wildman–Crippen MR) is 75.1 cm³/mol. The maximum absolute atomic E-state index is 2.18. The summed E-state index contributed by atoms with van der Waals surface area (Å²) < 4.78 is 0. The smallest absolute Gasteiger partial charge is 0 e. The zero-order chi connectivity index (χ0) is 10.8. The Morgan fingerprint density at radius 2 is 1.18 bits per heavy atom. The summed E-state index contributed by atoms with van der Waals surface area (Å²) in [4.78, 5) is 0. The fourth-order valence-corrected chi connectivity index (χ4v) is 2.09. The third kappa shape index (κ3) is 2.27. The minimum Gasteiger partial charge on any atom is -0.0622 e. The molecule has 3 aromatic rings. The van der Waals surface area contributed by atoms with Gasteiger partial charge in [0.05, 0.1) is 0 Å². The molecule has 0 aromatic heterocycles. The Labute approximate surface area is 112 Å². The van der Waals surface area contributed by atoms with E-state index in [4.69, 9.17) is 0 Å². The molecular formula is C16H12Al. The molecule has 0 N–H and O–H groups in total. The second-order valence-corrected chi connectivity index (χ2v) is 3.89. The van der Waals surface area contributed by atoms with Gasteiger partial charge in [-0.1, -0.05) is 72.8 Å². The van der Waals surface area contributed by atoms with Gasteiger partial charge in [-0.15, -0.1) is 0 Å². The zero-order valence-corrected chi connectivity index (χ0v) is 10.7. The third-order valence-corrected chi connectivity index (χ3v) is 2.87. The van der Waals surface area contributed by atoms with E-state index in [9.17, 15) is 0 Å². The second-order valence-electron chi connectivity index (χ2n) is 3.89. The molecule has 0 saturated carbocycles. The van der Waals surface area contributed by atoms with Gasteiger partial charge in [0.15, 0.2) is 0 Å². The highest BCUT2D eigenvalue weighted by molar-refractivity contribution is 5.96. The van der Waals surface area contributed by atoms with E-state index in [1.807, 2.05) is 0 Å². The Morgan fingerprint density at radius 1 is 0.529 bits per heavy atom. The molecule has 0 spiro atoms. The van der Waals surface area contributed by atoms with Gasteiger partial charge >= 0.3 is 0 Å². The van der Waals surface area contributed by atoms with Crippen LogP contribution in [0.1, 0.15) is 0 Å². The van der Waals surface area contributed by atoms with E-state index < -0.39 is 0 Å². The molecule has 0 saturated heterocycles. The first-order valence-electron chi connectivity index (χ1n) is 5.48. The summed E-state index contributed by atoms with van der Waals surface area (Å²) in [5.74, 6) is 0. The van der Waals surface area contributed by atoms with Crippen LogP contribution >= 0.6 is 0 Å². The van der Waals surface area contributed by atoms with E-state index in [1.165, 1.54) is 21.9 Å². The quantitative estimate of drug-likeness (QED) is 0.552. The molecule has 3 aromatic carbocycles. The number of benzene rings is 3. The lowest BCUT2D eigenvalue weighted by Gasteiger charge is -2.06. The lowest BCUT2D eigenvalue weighted by Crippen LogP contribution is -1.79. The van der Waals surface area contributed by atoms with Crippen LogP contribution in [0.15, 0.2) is 72.8 Å². The largest absolute Gasteiger partial charge is 0.0622 e. The molecule has 17 heavy (non-hydrogen) atoms. The number of hydrogen-bond donors (Lipinski definition) is 0. The first-order chi connectivity index (χ1) is 7.95. The van der Waals surface area contributed by atoms with Crippen molar-refractivity contribution in [2.45, 2.75) is 0 Å².